The number of carbonyl (C=O) groups excluding carboxylic acids is 1. The standard InChI is InChI=1S/C20H21N3O2/c1-13-12-21-9-8-16(13)23-20(24)15-11-18(19-7-4-10-25-19)22-17-6-3-2-5-14(15)17/h2-7,10-11,13,16,21H,8-9,12H2,1H3,(H,23,24). The van der Waals surface area contributed by atoms with Crippen LogP contribution in [0.3, 0.4) is 0 Å². The third-order valence-electron chi connectivity index (χ3n) is 4.84. The van der Waals surface area contributed by atoms with Gasteiger partial charge in [-0.25, -0.2) is 4.98 Å². The Hall–Kier alpha value is -2.66. The fourth-order valence-corrected chi connectivity index (χ4v) is 3.39. The molecule has 5 heteroatoms. The highest BCUT2D eigenvalue weighted by molar-refractivity contribution is 6.07. The average Bonchev–Trinajstić information content (AvgIpc) is 3.17. The lowest BCUT2D eigenvalue weighted by molar-refractivity contribution is 0.0916. The first-order valence-electron chi connectivity index (χ1n) is 8.67. The van der Waals surface area contributed by atoms with Crippen molar-refractivity contribution in [3.05, 3.63) is 54.3 Å². The highest BCUT2D eigenvalue weighted by Gasteiger charge is 2.24. The summed E-state index contributed by atoms with van der Waals surface area (Å²) in [6.45, 7) is 4.03. The molecule has 3 heterocycles. The number of furan rings is 1. The van der Waals surface area contributed by atoms with Crippen molar-refractivity contribution < 1.29 is 9.21 Å². The molecule has 0 radical (unpaired) electrons. The molecule has 2 atom stereocenters. The second kappa shape index (κ2) is 6.69. The van der Waals surface area contributed by atoms with Crippen molar-refractivity contribution in [3.63, 3.8) is 0 Å². The van der Waals surface area contributed by atoms with E-state index in [1.165, 1.54) is 0 Å². The van der Waals surface area contributed by atoms with Crippen molar-refractivity contribution >= 4 is 16.8 Å². The second-order valence-electron chi connectivity index (χ2n) is 6.60. The second-order valence-corrected chi connectivity index (χ2v) is 6.60. The summed E-state index contributed by atoms with van der Waals surface area (Å²) in [6, 6.07) is 13.4. The molecule has 1 aromatic carbocycles. The van der Waals surface area contributed by atoms with Gasteiger partial charge >= 0.3 is 0 Å². The smallest absolute Gasteiger partial charge is 0.252 e. The van der Waals surface area contributed by atoms with Crippen molar-refractivity contribution in [3.8, 4) is 11.5 Å². The summed E-state index contributed by atoms with van der Waals surface area (Å²) in [5.74, 6) is 1.02. The zero-order valence-electron chi connectivity index (χ0n) is 14.2. The molecule has 128 valence electrons. The first-order chi connectivity index (χ1) is 12.2. The lowest BCUT2D eigenvalue weighted by atomic mass is 9.94. The summed E-state index contributed by atoms with van der Waals surface area (Å²) in [6.07, 6.45) is 2.56. The van der Waals surface area contributed by atoms with Crippen LogP contribution in [-0.2, 0) is 0 Å². The minimum atomic E-state index is -0.0508. The van der Waals surface area contributed by atoms with Crippen LogP contribution in [0.4, 0.5) is 0 Å². The van der Waals surface area contributed by atoms with Gasteiger partial charge < -0.3 is 15.1 Å². The quantitative estimate of drug-likeness (QED) is 0.771. The molecular weight excluding hydrogens is 314 g/mol. The summed E-state index contributed by atoms with van der Waals surface area (Å²) in [5, 5.41) is 7.43. The SMILES string of the molecule is CC1CNCCC1NC(=O)c1cc(-c2ccco2)nc2ccccc12. The van der Waals surface area contributed by atoms with E-state index >= 15 is 0 Å². The minimum absolute atomic E-state index is 0.0508. The number of para-hydroxylation sites is 1. The van der Waals surface area contributed by atoms with E-state index in [4.69, 9.17) is 4.42 Å². The molecule has 1 amide bonds. The number of fused-ring (bicyclic) bond motifs is 1. The van der Waals surface area contributed by atoms with Gasteiger partial charge in [-0.15, -0.1) is 0 Å². The van der Waals surface area contributed by atoms with Crippen LogP contribution in [0.15, 0.2) is 53.1 Å². The van der Waals surface area contributed by atoms with Crippen LogP contribution in [-0.4, -0.2) is 30.0 Å². The van der Waals surface area contributed by atoms with E-state index in [2.05, 4.69) is 22.5 Å². The zero-order valence-corrected chi connectivity index (χ0v) is 14.2. The topological polar surface area (TPSA) is 67.2 Å². The van der Waals surface area contributed by atoms with Crippen LogP contribution in [0.2, 0.25) is 0 Å². The Balaban J connectivity index is 1.73. The molecule has 1 aliphatic rings. The molecule has 0 bridgehead atoms. The number of carbonyl (C=O) groups is 1. The number of nitrogens with one attached hydrogen (secondary N) is 2. The van der Waals surface area contributed by atoms with Gasteiger partial charge in [0.2, 0.25) is 0 Å². The van der Waals surface area contributed by atoms with Gasteiger partial charge in [0, 0.05) is 11.4 Å². The molecule has 2 N–H and O–H groups in total. The number of aromatic nitrogens is 1. The van der Waals surface area contributed by atoms with E-state index < -0.39 is 0 Å². The maximum atomic E-state index is 13.0. The number of hydrogen-bond acceptors (Lipinski definition) is 4. The van der Waals surface area contributed by atoms with E-state index in [1.807, 2.05) is 42.5 Å². The Morgan fingerprint density at radius 2 is 2.16 bits per heavy atom. The van der Waals surface area contributed by atoms with Gasteiger partial charge in [-0.1, -0.05) is 25.1 Å². The Bertz CT molecular complexity index is 889. The van der Waals surface area contributed by atoms with Crippen molar-refractivity contribution in [1.29, 1.82) is 0 Å². The lowest BCUT2D eigenvalue weighted by Crippen LogP contribution is -2.48. The largest absolute Gasteiger partial charge is 0.463 e. The summed E-state index contributed by atoms with van der Waals surface area (Å²) < 4.78 is 5.47. The van der Waals surface area contributed by atoms with Gasteiger partial charge in [0.25, 0.3) is 5.91 Å². The van der Waals surface area contributed by atoms with Gasteiger partial charge in [0.1, 0.15) is 5.69 Å². The van der Waals surface area contributed by atoms with Crippen LogP contribution in [0.5, 0.6) is 0 Å². The van der Waals surface area contributed by atoms with E-state index in [1.54, 1.807) is 6.26 Å². The number of benzene rings is 1. The van der Waals surface area contributed by atoms with Crippen molar-refractivity contribution in [2.24, 2.45) is 5.92 Å². The number of nitrogens with zero attached hydrogens (tertiary/aromatic N) is 1. The van der Waals surface area contributed by atoms with Gasteiger partial charge in [-0.2, -0.15) is 0 Å². The van der Waals surface area contributed by atoms with Crippen molar-refractivity contribution in [1.82, 2.24) is 15.6 Å². The fourth-order valence-electron chi connectivity index (χ4n) is 3.39. The third kappa shape index (κ3) is 3.15. The molecule has 0 aliphatic carbocycles. The molecular formula is C20H21N3O2. The van der Waals surface area contributed by atoms with Crippen LogP contribution in [0, 0.1) is 5.92 Å². The van der Waals surface area contributed by atoms with Crippen molar-refractivity contribution in [2.45, 2.75) is 19.4 Å². The van der Waals surface area contributed by atoms with Gasteiger partial charge in [-0.3, -0.25) is 4.79 Å². The Morgan fingerprint density at radius 3 is 2.96 bits per heavy atom. The molecule has 1 fully saturated rings. The lowest BCUT2D eigenvalue weighted by Gasteiger charge is -2.30. The molecule has 2 aromatic heterocycles. The monoisotopic (exact) mass is 335 g/mol. The van der Waals surface area contributed by atoms with E-state index in [9.17, 15) is 4.79 Å². The predicted octanol–water partition coefficient (Wildman–Crippen LogP) is 3.22. The van der Waals surface area contributed by atoms with Crippen LogP contribution >= 0.6 is 0 Å². The summed E-state index contributed by atoms with van der Waals surface area (Å²) >= 11 is 0. The average molecular weight is 335 g/mol. The first-order valence-corrected chi connectivity index (χ1v) is 8.67. The summed E-state index contributed by atoms with van der Waals surface area (Å²) in [5.41, 5.74) is 2.11. The molecule has 2 unspecified atom stereocenters. The molecule has 25 heavy (non-hydrogen) atoms. The number of piperidine rings is 1. The van der Waals surface area contributed by atoms with Gasteiger partial charge in [0.15, 0.2) is 5.76 Å². The molecule has 1 aliphatic heterocycles. The third-order valence-corrected chi connectivity index (χ3v) is 4.84. The maximum absolute atomic E-state index is 13.0. The number of hydrogen-bond donors (Lipinski definition) is 2. The molecule has 4 rings (SSSR count). The molecule has 3 aromatic rings. The Labute approximate surface area is 146 Å². The number of pyridine rings is 1. The zero-order chi connectivity index (χ0) is 17.2. The fraction of sp³-hybridized carbons (Fsp3) is 0.300. The first kappa shape index (κ1) is 15.8. The van der Waals surface area contributed by atoms with Crippen LogP contribution < -0.4 is 10.6 Å². The summed E-state index contributed by atoms with van der Waals surface area (Å²) in [7, 11) is 0. The molecule has 1 saturated heterocycles. The maximum Gasteiger partial charge on any atom is 0.252 e. The normalized spacial score (nSPS) is 20.5. The Morgan fingerprint density at radius 1 is 1.28 bits per heavy atom. The highest BCUT2D eigenvalue weighted by Crippen LogP contribution is 2.25. The van der Waals surface area contributed by atoms with Crippen LogP contribution in [0.1, 0.15) is 23.7 Å². The van der Waals surface area contributed by atoms with Crippen LogP contribution in [0.25, 0.3) is 22.4 Å². The number of amides is 1. The van der Waals surface area contributed by atoms with E-state index in [0.717, 1.165) is 30.4 Å². The summed E-state index contributed by atoms with van der Waals surface area (Å²) in [4.78, 5) is 17.6. The number of rotatable bonds is 3. The predicted molar refractivity (Wildman–Crippen MR) is 97.3 cm³/mol. The minimum Gasteiger partial charge on any atom is -0.463 e. The molecule has 0 saturated carbocycles. The Kier molecular flexibility index (Phi) is 4.24. The molecule has 5 nitrogen and oxygen atoms in total. The van der Waals surface area contributed by atoms with Crippen molar-refractivity contribution in [2.75, 3.05) is 13.1 Å². The highest BCUT2D eigenvalue weighted by atomic mass is 16.3. The van der Waals surface area contributed by atoms with E-state index in [0.29, 0.717) is 22.9 Å². The molecule has 0 spiro atoms. The van der Waals surface area contributed by atoms with E-state index in [-0.39, 0.29) is 11.9 Å². The van der Waals surface area contributed by atoms with Gasteiger partial charge in [-0.05, 0) is 49.7 Å². The van der Waals surface area contributed by atoms with Gasteiger partial charge in [0.05, 0.1) is 17.3 Å².